The van der Waals surface area contributed by atoms with Crippen molar-refractivity contribution in [1.29, 1.82) is 0 Å². The van der Waals surface area contributed by atoms with Crippen molar-refractivity contribution < 1.29 is 19.2 Å². The zero-order valence-electron chi connectivity index (χ0n) is 61.7. The maximum atomic E-state index is 12.4. The van der Waals surface area contributed by atoms with Gasteiger partial charge in [-0.1, -0.05) is 252 Å². The number of allylic oxidation sites excluding steroid dienone is 8. The molecule has 0 aromatic rings. The molecule has 0 spiro atoms. The predicted octanol–water partition coefficient (Wildman–Crippen LogP) is 19.5. The van der Waals surface area contributed by atoms with Gasteiger partial charge in [0.05, 0.1) is 6.67 Å². The van der Waals surface area contributed by atoms with Crippen LogP contribution < -0.4 is 21.3 Å². The van der Waals surface area contributed by atoms with Gasteiger partial charge in [-0.3, -0.25) is 19.1 Å². The highest BCUT2D eigenvalue weighted by molar-refractivity contribution is 8.02. The van der Waals surface area contributed by atoms with Crippen LogP contribution in [0.25, 0.3) is 0 Å². The molecule has 4 N–H and O–H groups in total. The van der Waals surface area contributed by atoms with Crippen LogP contribution in [0.15, 0.2) is 56.5 Å². The minimum atomic E-state index is -0.139. The molecule has 5 aliphatic rings. The summed E-state index contributed by atoms with van der Waals surface area (Å²) in [5, 5.41) is 11.9. The van der Waals surface area contributed by atoms with Gasteiger partial charge >= 0.3 is 6.03 Å². The monoisotopic (exact) mass is 1430 g/mol. The van der Waals surface area contributed by atoms with E-state index in [1.54, 1.807) is 11.3 Å². The van der Waals surface area contributed by atoms with E-state index >= 15 is 0 Å². The van der Waals surface area contributed by atoms with Crippen molar-refractivity contribution in [2.75, 3.05) is 39.4 Å². The summed E-state index contributed by atoms with van der Waals surface area (Å²) in [4.78, 5) is 48.2. The molecule has 13 nitrogen and oxygen atoms in total. The zero-order valence-corrected chi connectivity index (χ0v) is 72.5. The summed E-state index contributed by atoms with van der Waals surface area (Å²) in [6.07, 6.45) is 6.67. The van der Waals surface area contributed by atoms with Gasteiger partial charge in [0.25, 0.3) is 0 Å². The van der Waals surface area contributed by atoms with E-state index in [2.05, 4.69) is 292 Å². The van der Waals surface area contributed by atoms with E-state index in [1.807, 2.05) is 4.67 Å². The first-order valence-corrected chi connectivity index (χ1v) is 45.8. The summed E-state index contributed by atoms with van der Waals surface area (Å²) < 4.78 is 11.4. The first-order chi connectivity index (χ1) is 40.0. The van der Waals surface area contributed by atoms with Crippen LogP contribution in [0.1, 0.15) is 246 Å². The van der Waals surface area contributed by atoms with Crippen molar-refractivity contribution in [3.63, 3.8) is 0 Å². The van der Waals surface area contributed by atoms with Crippen LogP contribution in [-0.2, 0) is 14.4 Å². The van der Waals surface area contributed by atoms with Crippen LogP contribution in [0.3, 0.4) is 0 Å². The van der Waals surface area contributed by atoms with E-state index in [9.17, 15) is 19.2 Å². The Hall–Kier alpha value is -0.120. The van der Waals surface area contributed by atoms with Crippen LogP contribution in [0.2, 0.25) is 0 Å². The Morgan fingerprint density at radius 3 is 1.18 bits per heavy atom. The van der Waals surface area contributed by atoms with Crippen molar-refractivity contribution in [1.82, 2.24) is 44.6 Å². The number of hydrogen-bond donors (Lipinski definition) is 4. The second-order valence-electron chi connectivity index (χ2n) is 34.3. The Kier molecular flexibility index (Phi) is 34.1. The molecule has 23 heteroatoms. The van der Waals surface area contributed by atoms with Crippen molar-refractivity contribution in [2.45, 2.75) is 246 Å². The molecule has 0 fully saturated rings. The number of nitrogens with zero attached hydrogens (tertiary/aromatic N) is 5. The molecular formula is C66H133N9O4P10. The van der Waals surface area contributed by atoms with Crippen LogP contribution >= 0.6 is 86.7 Å². The van der Waals surface area contributed by atoms with E-state index in [1.165, 1.54) is 59.7 Å². The normalized spacial score (nSPS) is 19.7. The van der Waals surface area contributed by atoms with Crippen molar-refractivity contribution >= 4 is 110 Å². The third kappa shape index (κ3) is 27.0. The molecule has 10 atom stereocenters. The highest BCUT2D eigenvalue weighted by atomic mass is 32.0. The van der Waals surface area contributed by atoms with Gasteiger partial charge in [-0.2, -0.15) is 0 Å². The van der Waals surface area contributed by atoms with Gasteiger partial charge in [-0.25, -0.2) is 4.79 Å². The molecule has 10 unspecified atom stereocenters. The fraction of sp³-hybridized carbons (Fsp3) is 0.788. The molecule has 516 valence electrons. The third-order valence-corrected chi connectivity index (χ3v) is 23.7. The lowest BCUT2D eigenvalue weighted by Crippen LogP contribution is -2.37. The topological polar surface area (TPSA) is 133 Å². The molecule has 5 aliphatic heterocycles. The van der Waals surface area contributed by atoms with Gasteiger partial charge in [0.1, 0.15) is 6.54 Å². The molecule has 0 radical (unpaired) electrons. The Labute approximate surface area is 567 Å². The maximum Gasteiger partial charge on any atom is 0.320 e. The number of rotatable bonds is 5. The Morgan fingerprint density at radius 1 is 0.371 bits per heavy atom. The summed E-state index contributed by atoms with van der Waals surface area (Å²) in [5.74, 6) is 0.497. The average Bonchev–Trinajstić information content (AvgIpc) is 1.98. The maximum absolute atomic E-state index is 12.4. The molecule has 5 heterocycles. The number of nitrogens with one attached hydrogen (secondary N) is 4. The van der Waals surface area contributed by atoms with E-state index in [0.717, 1.165) is 45.6 Å². The lowest BCUT2D eigenvalue weighted by molar-refractivity contribution is -0.125. The van der Waals surface area contributed by atoms with Gasteiger partial charge in [0.2, 0.25) is 17.7 Å². The van der Waals surface area contributed by atoms with Crippen molar-refractivity contribution in [3.05, 3.63) is 56.5 Å². The lowest BCUT2D eigenvalue weighted by Gasteiger charge is -2.38. The van der Waals surface area contributed by atoms with Gasteiger partial charge in [-0.15, -0.1) is 0 Å². The third-order valence-electron chi connectivity index (χ3n) is 15.5. The number of amides is 5. The fourth-order valence-corrected chi connectivity index (χ4v) is 19.7. The second kappa shape index (κ2) is 34.9. The minimum absolute atomic E-state index is 0.00845. The van der Waals surface area contributed by atoms with Crippen LogP contribution in [-0.4, -0.2) is 86.5 Å². The van der Waals surface area contributed by atoms with Gasteiger partial charge in [0.15, 0.2) is 0 Å². The Morgan fingerprint density at radius 2 is 0.787 bits per heavy atom. The highest BCUT2D eigenvalue weighted by Crippen LogP contribution is 2.51. The number of hydrogen-bond acceptors (Lipinski definition) is 8. The summed E-state index contributed by atoms with van der Waals surface area (Å²) in [6, 6.07) is -0.118. The van der Waals surface area contributed by atoms with E-state index in [0.29, 0.717) is 65.3 Å². The zero-order chi connectivity index (χ0) is 69.8. The number of urea groups is 1. The lowest BCUT2D eigenvalue weighted by atomic mass is 9.77. The molecule has 0 aromatic heterocycles. The molecule has 0 saturated carbocycles. The summed E-state index contributed by atoms with van der Waals surface area (Å²) in [5.41, 5.74) is 13.6. The largest absolute Gasteiger partial charge is 0.353 e. The van der Waals surface area contributed by atoms with Crippen molar-refractivity contribution in [3.8, 4) is 0 Å². The smallest absolute Gasteiger partial charge is 0.320 e. The van der Waals surface area contributed by atoms with Gasteiger partial charge in [-0.05, 0) is 104 Å². The Balaban J connectivity index is 0.000000556. The molecule has 0 saturated heterocycles. The summed E-state index contributed by atoms with van der Waals surface area (Å²) >= 11 is 0. The van der Waals surface area contributed by atoms with Crippen LogP contribution in [0.4, 0.5) is 4.79 Å². The molecule has 89 heavy (non-hydrogen) atoms. The molecule has 0 aromatic carbocycles. The molecule has 5 amide bonds. The first-order valence-electron chi connectivity index (χ1n) is 32.1. The average molecular weight is 1430 g/mol. The van der Waals surface area contributed by atoms with Crippen LogP contribution in [0, 0.1) is 54.1 Å². The molecule has 0 aliphatic carbocycles. The van der Waals surface area contributed by atoms with Crippen molar-refractivity contribution in [2.24, 2.45) is 54.1 Å². The van der Waals surface area contributed by atoms with E-state index in [-0.39, 0.29) is 72.5 Å². The summed E-state index contributed by atoms with van der Waals surface area (Å²) in [7, 11) is 16.9. The predicted molar refractivity (Wildman–Crippen MR) is 419 cm³/mol. The van der Waals surface area contributed by atoms with E-state index in [4.69, 9.17) is 0 Å². The molecular weight excluding hydrogens is 1290 g/mol. The van der Waals surface area contributed by atoms with E-state index < -0.39 is 0 Å². The van der Waals surface area contributed by atoms with Crippen LogP contribution in [0.5, 0.6) is 0 Å². The quantitative estimate of drug-likeness (QED) is 0.200. The van der Waals surface area contributed by atoms with Gasteiger partial charge in [0, 0.05) is 113 Å². The first kappa shape index (κ1) is 86.9. The molecule has 0 bridgehead atoms. The minimum Gasteiger partial charge on any atom is -0.353 e. The number of carbonyl (C=O) groups is 4. The van der Waals surface area contributed by atoms with Gasteiger partial charge < -0.3 is 39.9 Å². The second-order valence-corrected chi connectivity index (χ2v) is 42.0. The SMILES string of the molecule is CC(C)(C)C1=C(C(C)(C)C)N(PP)C(=O)CCC1.CC(C)(C)C1=C(C(C)(C)C)N(PP)CC(=O)NC1.CC(C)(C)C1=C(C(C)(C)C)N(PP)CCCC1.CC(C)(C)C1=C(C(C)(C)C)N(PP)CCNC1=O.CC(C)(C)C1=C(C(C)(C)C)N(PP)CNC(=O)N1. The number of carbonyl (C=O) groups excluding carboxylic acids is 4. The highest BCUT2D eigenvalue weighted by Gasteiger charge is 2.40. The summed E-state index contributed by atoms with van der Waals surface area (Å²) in [6.45, 7) is 71.3. The Bertz CT molecular complexity index is 2560. The standard InChI is InChI=1S/C14H27NOP2.C14H29NP2.2C13H26N2OP2.C12H25N3OP2/c1-13(2,3)10-8-7-9-11(16)15(18-17)12(10)14(4,5)6;1-13(2,3)11-9-7-8-10-15(17-16)12(11)14(4,5)6;1-12(2,3)9-7-14-10(16)8-15(18-17)11(9)13(4,5)6;1-12(2,3)9-10(13(4,5)6)15(18-17)8-7-14-11(9)16;1-11(2,3)8-9(12(4,5)6)15(18-17)7-13-10(16)14-8/h18H,7-9,17H2,1-6H3;17H,7-10,16H2,1-6H3;2*18H,7-8,17H2,1-6H3,(H,14,16);18H,7,17H2,1-6H3,(H2,13,14,16). The molecule has 5 rings (SSSR count). The fourth-order valence-electron chi connectivity index (χ4n) is 11.9.